The molecule has 1 fully saturated rings. The molecule has 1 amide bonds. The van der Waals surface area contributed by atoms with Crippen LogP contribution >= 0.6 is 0 Å². The topological polar surface area (TPSA) is 109 Å². The van der Waals surface area contributed by atoms with Crippen molar-refractivity contribution in [2.24, 2.45) is 5.84 Å². The summed E-state index contributed by atoms with van der Waals surface area (Å²) in [6, 6.07) is 10.6. The molecule has 0 aromatic heterocycles. The van der Waals surface area contributed by atoms with Gasteiger partial charge in [-0.25, -0.2) is 0 Å². The number of nitriles is 1. The number of piperazine rings is 1. The normalized spacial score (nSPS) is 16.2. The van der Waals surface area contributed by atoms with Crippen molar-refractivity contribution in [1.29, 1.82) is 5.26 Å². The van der Waals surface area contributed by atoms with E-state index in [0.29, 0.717) is 6.54 Å². The van der Waals surface area contributed by atoms with Crippen LogP contribution in [0.4, 0.5) is 0 Å². The number of rotatable bonds is 5. The summed E-state index contributed by atoms with van der Waals surface area (Å²) in [7, 11) is 3.43. The van der Waals surface area contributed by atoms with Crippen LogP contribution < -0.4 is 62.5 Å². The number of hydrogen-bond acceptors (Lipinski definition) is 6. The van der Waals surface area contributed by atoms with Gasteiger partial charge in [-0.2, -0.15) is 5.26 Å². The number of benzene rings is 1. The average Bonchev–Trinajstić information content (AvgIpc) is 2.82. The van der Waals surface area contributed by atoms with E-state index in [2.05, 4.69) is 57.7 Å². The minimum Gasteiger partial charge on any atom is -0.475 e. The zero-order valence-electron chi connectivity index (χ0n) is 20.8. The molecule has 2 heterocycles. The first-order valence-corrected chi connectivity index (χ1v) is 10.8. The zero-order chi connectivity index (χ0) is 23.7. The van der Waals surface area contributed by atoms with Crippen molar-refractivity contribution in [3.05, 3.63) is 63.9 Å². The Morgan fingerprint density at radius 3 is 2.55 bits per heavy atom. The molecule has 1 aromatic carbocycles. The van der Waals surface area contributed by atoms with Crippen LogP contribution in [-0.2, 0) is 21.5 Å². The van der Waals surface area contributed by atoms with E-state index < -0.39 is 5.41 Å². The molecule has 0 saturated carbocycles. The molecule has 9 heteroatoms. The van der Waals surface area contributed by atoms with E-state index in [4.69, 9.17) is 0 Å². The molecule has 8 nitrogen and oxygen atoms in total. The standard InChI is InChI=1S/C23H30N4O.CH5N2O.K/c1-17-19(12-18-6-5-7-21(13-18)23(2,3)16-24)14-20(15-26(17)4)22(28)27-10-8-25-9-11-27;1-4-3-2;/h5-7,13-14,25H,8-12,15H2,1-4H3;2H2,1H3;/q;-1;+1. The van der Waals surface area contributed by atoms with E-state index >= 15 is 0 Å². The smallest absolute Gasteiger partial charge is 0.475 e. The van der Waals surface area contributed by atoms with E-state index in [1.165, 1.54) is 18.4 Å². The van der Waals surface area contributed by atoms with Crippen molar-refractivity contribution < 1.29 is 61.0 Å². The minimum absolute atomic E-state index is 0. The van der Waals surface area contributed by atoms with Crippen LogP contribution in [0.2, 0.25) is 0 Å². The Balaban J connectivity index is 0.00000101. The summed E-state index contributed by atoms with van der Waals surface area (Å²) in [5.41, 5.74) is 7.63. The molecule has 2 aliphatic heterocycles. The molecule has 0 unspecified atom stereocenters. The van der Waals surface area contributed by atoms with E-state index in [1.807, 2.05) is 37.9 Å². The largest absolute Gasteiger partial charge is 1.00 e. The maximum absolute atomic E-state index is 13.0. The summed E-state index contributed by atoms with van der Waals surface area (Å²) in [6.45, 7) is 9.90. The Morgan fingerprint density at radius 2 is 1.97 bits per heavy atom. The monoisotopic (exact) mass is 478 g/mol. The van der Waals surface area contributed by atoms with Gasteiger partial charge in [0, 0.05) is 58.2 Å². The van der Waals surface area contributed by atoms with Gasteiger partial charge in [-0.3, -0.25) is 4.79 Å². The molecule has 3 N–H and O–H groups in total. The van der Waals surface area contributed by atoms with Crippen molar-refractivity contribution in [1.82, 2.24) is 15.1 Å². The van der Waals surface area contributed by atoms with E-state index in [9.17, 15) is 10.1 Å². The molecular weight excluding hydrogens is 443 g/mol. The van der Waals surface area contributed by atoms with Crippen LogP contribution in [0.25, 0.3) is 5.59 Å². The summed E-state index contributed by atoms with van der Waals surface area (Å²) in [6.07, 6.45) is 2.84. The minimum atomic E-state index is -0.512. The van der Waals surface area contributed by atoms with Gasteiger partial charge in [0.15, 0.2) is 0 Å². The first-order chi connectivity index (χ1) is 15.2. The first kappa shape index (κ1) is 30.0. The third kappa shape index (κ3) is 8.58. The Hall–Kier alpha value is -1.06. The molecule has 0 spiro atoms. The quantitative estimate of drug-likeness (QED) is 0.333. The first-order valence-electron chi connectivity index (χ1n) is 10.8. The summed E-state index contributed by atoms with van der Waals surface area (Å²) in [5.74, 6) is 4.58. The molecule has 0 radical (unpaired) electrons. The van der Waals surface area contributed by atoms with Gasteiger partial charge in [0.25, 0.3) is 5.91 Å². The van der Waals surface area contributed by atoms with Crippen molar-refractivity contribution >= 4 is 5.91 Å². The summed E-state index contributed by atoms with van der Waals surface area (Å²) >= 11 is 0. The van der Waals surface area contributed by atoms with E-state index in [0.717, 1.165) is 49.3 Å². The molecule has 1 saturated heterocycles. The van der Waals surface area contributed by atoms with Gasteiger partial charge in [-0.15, -0.1) is 0 Å². The number of nitrogens with one attached hydrogen (secondary N) is 1. The number of nitrogens with two attached hydrogens (primary N) is 1. The number of allylic oxidation sites excluding steroid dienone is 3. The molecule has 0 aliphatic carbocycles. The van der Waals surface area contributed by atoms with Crippen LogP contribution in [0.1, 0.15) is 31.9 Å². The van der Waals surface area contributed by atoms with Crippen molar-refractivity contribution in [3.63, 3.8) is 0 Å². The van der Waals surface area contributed by atoms with Crippen LogP contribution in [0.3, 0.4) is 0 Å². The van der Waals surface area contributed by atoms with Gasteiger partial charge in [0.1, 0.15) is 0 Å². The van der Waals surface area contributed by atoms with Gasteiger partial charge in [-0.05, 0) is 50.0 Å². The molecule has 2 aliphatic rings. The van der Waals surface area contributed by atoms with Crippen LogP contribution in [0.5, 0.6) is 0 Å². The van der Waals surface area contributed by atoms with E-state index in [1.54, 1.807) is 0 Å². The molecule has 1 aromatic rings. The Morgan fingerprint density at radius 1 is 1.33 bits per heavy atom. The number of nitrogens with zero attached hydrogens (tertiary/aromatic N) is 4. The molecule has 0 atom stereocenters. The van der Waals surface area contributed by atoms with Crippen molar-refractivity contribution in [2.75, 3.05) is 46.9 Å². The second kappa shape index (κ2) is 14.4. The van der Waals surface area contributed by atoms with E-state index in [-0.39, 0.29) is 57.3 Å². The summed E-state index contributed by atoms with van der Waals surface area (Å²) in [4.78, 5) is 21.0. The third-order valence-electron chi connectivity index (χ3n) is 5.90. The summed E-state index contributed by atoms with van der Waals surface area (Å²) in [5, 5.41) is 12.7. The molecular formula is C24H35KN6O2. The second-order valence-corrected chi connectivity index (χ2v) is 8.58. The van der Waals surface area contributed by atoms with Crippen LogP contribution in [0.15, 0.2) is 47.2 Å². The Kier molecular flexibility index (Phi) is 13.0. The maximum atomic E-state index is 13.0. The van der Waals surface area contributed by atoms with Gasteiger partial charge in [-0.1, -0.05) is 24.3 Å². The number of carbonyl (C=O) groups is 1. The van der Waals surface area contributed by atoms with Gasteiger partial charge in [0.2, 0.25) is 0 Å². The zero-order valence-corrected chi connectivity index (χ0v) is 23.9. The number of carbonyl (C=O) groups excluding carboxylic acids is 1. The number of likely N-dealkylation sites (N-methyl/N-ethyl adjacent to an activating group) is 1. The molecule has 33 heavy (non-hydrogen) atoms. The van der Waals surface area contributed by atoms with Gasteiger partial charge in [0.05, 0.1) is 11.5 Å². The maximum Gasteiger partial charge on any atom is 1.00 e. The predicted octanol–water partition coefficient (Wildman–Crippen LogP) is -0.593. The third-order valence-corrected chi connectivity index (χ3v) is 5.90. The fourth-order valence-electron chi connectivity index (χ4n) is 3.71. The fourth-order valence-corrected chi connectivity index (χ4v) is 3.71. The molecule has 0 bridgehead atoms. The fraction of sp³-hybridized carbons (Fsp3) is 0.500. The molecule has 174 valence electrons. The number of amides is 1. The Bertz CT molecular complexity index is 898. The summed E-state index contributed by atoms with van der Waals surface area (Å²) < 4.78 is 0. The van der Waals surface area contributed by atoms with Gasteiger partial charge < -0.3 is 31.4 Å². The number of hydrogen-bond donors (Lipinski definition) is 2. The van der Waals surface area contributed by atoms with Crippen LogP contribution in [0, 0.1) is 11.3 Å². The average molecular weight is 479 g/mol. The predicted molar refractivity (Wildman–Crippen MR) is 126 cm³/mol. The van der Waals surface area contributed by atoms with Gasteiger partial charge >= 0.3 is 51.4 Å². The second-order valence-electron chi connectivity index (χ2n) is 8.58. The SMILES string of the molecule is CC1=C(Cc2cccc(C(C)(C)C#N)c2)C=C(C(=O)N2CCNCC2)CN1C.CO[N-]N.[K+]. The van der Waals surface area contributed by atoms with Crippen molar-refractivity contribution in [3.8, 4) is 6.07 Å². The molecule has 3 rings (SSSR count). The van der Waals surface area contributed by atoms with Crippen LogP contribution in [-0.4, -0.2) is 62.6 Å². The van der Waals surface area contributed by atoms with Crippen molar-refractivity contribution in [2.45, 2.75) is 32.6 Å². The Labute approximate surface area is 240 Å².